The Morgan fingerprint density at radius 1 is 0.719 bits per heavy atom. The van der Waals surface area contributed by atoms with Crippen LogP contribution in [0.5, 0.6) is 0 Å². The fourth-order valence-electron chi connectivity index (χ4n) is 3.03. The molecule has 1 aliphatic carbocycles. The molecule has 0 atom stereocenters. The van der Waals surface area contributed by atoms with E-state index in [0.717, 1.165) is 25.7 Å². The lowest BCUT2D eigenvalue weighted by molar-refractivity contribution is -0.168. The van der Waals surface area contributed by atoms with Gasteiger partial charge in [0.05, 0.1) is 13.2 Å². The van der Waals surface area contributed by atoms with E-state index in [1.165, 1.54) is 52.7 Å². The molecule has 0 saturated carbocycles. The summed E-state index contributed by atoms with van der Waals surface area (Å²) < 4.78 is 32.9. The average Bonchev–Trinajstić information content (AvgIpc) is 2.81. The van der Waals surface area contributed by atoms with Gasteiger partial charge in [-0.1, -0.05) is 26.7 Å². The number of carbonyl (C=O) groups excluding carboxylic acids is 2. The van der Waals surface area contributed by atoms with Crippen molar-refractivity contribution in [1.82, 2.24) is 0 Å². The second kappa shape index (κ2) is 14.0. The number of hydrogen-bond acceptors (Lipinski definition) is 8. The molecule has 0 amide bonds. The summed E-state index contributed by atoms with van der Waals surface area (Å²) in [5, 5.41) is 0. The molecular weight excluding hydrogens is 416 g/mol. The summed E-state index contributed by atoms with van der Waals surface area (Å²) >= 11 is 0. The zero-order valence-electron chi connectivity index (χ0n) is 20.0. The molecule has 0 saturated heterocycles. The first-order valence-electron chi connectivity index (χ1n) is 10.7. The normalized spacial score (nSPS) is 17.3. The molecule has 0 radical (unpaired) electrons. The Hall–Kier alpha value is -2.26. The molecule has 0 aromatic carbocycles. The van der Waals surface area contributed by atoms with Gasteiger partial charge in [-0.25, -0.2) is 9.59 Å². The Kier molecular flexibility index (Phi) is 12.2. The van der Waals surface area contributed by atoms with Crippen molar-refractivity contribution in [2.75, 3.05) is 41.7 Å². The monoisotopic (exact) mass is 452 g/mol. The molecule has 0 unspecified atom stereocenters. The van der Waals surface area contributed by atoms with Gasteiger partial charge in [0.2, 0.25) is 11.6 Å². The van der Waals surface area contributed by atoms with Crippen LogP contribution in [0.4, 0.5) is 0 Å². The van der Waals surface area contributed by atoms with Crippen molar-refractivity contribution >= 4 is 11.9 Å². The Morgan fingerprint density at radius 2 is 1.06 bits per heavy atom. The highest BCUT2D eigenvalue weighted by molar-refractivity contribution is 5.83. The lowest BCUT2D eigenvalue weighted by atomic mass is 9.88. The minimum Gasteiger partial charge on any atom is -0.463 e. The van der Waals surface area contributed by atoms with Crippen molar-refractivity contribution in [2.24, 2.45) is 0 Å². The zero-order chi connectivity index (χ0) is 24.0. The maximum atomic E-state index is 12.0. The van der Waals surface area contributed by atoms with E-state index in [-0.39, 0.29) is 0 Å². The number of esters is 2. The highest BCUT2D eigenvalue weighted by Crippen LogP contribution is 2.39. The lowest BCUT2D eigenvalue weighted by Gasteiger charge is -2.40. The molecule has 0 aromatic rings. The van der Waals surface area contributed by atoms with Gasteiger partial charge in [0.1, 0.15) is 0 Å². The van der Waals surface area contributed by atoms with Gasteiger partial charge in [0.15, 0.2) is 0 Å². The van der Waals surface area contributed by atoms with E-state index in [2.05, 4.69) is 0 Å². The molecule has 0 aromatic heterocycles. The van der Waals surface area contributed by atoms with Crippen LogP contribution in [0.15, 0.2) is 47.6 Å². The molecule has 32 heavy (non-hydrogen) atoms. The smallest absolute Gasteiger partial charge is 0.330 e. The second-order valence-electron chi connectivity index (χ2n) is 7.06. The van der Waals surface area contributed by atoms with Crippen LogP contribution < -0.4 is 0 Å². The molecule has 0 spiro atoms. The van der Waals surface area contributed by atoms with Crippen molar-refractivity contribution in [3.8, 4) is 0 Å². The van der Waals surface area contributed by atoms with Crippen LogP contribution in [-0.2, 0) is 38.0 Å². The number of carbonyl (C=O) groups is 2. The van der Waals surface area contributed by atoms with Crippen molar-refractivity contribution in [3.05, 3.63) is 47.6 Å². The van der Waals surface area contributed by atoms with E-state index in [1.807, 2.05) is 13.8 Å². The maximum Gasteiger partial charge on any atom is 0.330 e. The summed E-state index contributed by atoms with van der Waals surface area (Å²) in [5.41, 5.74) is 0.919. The van der Waals surface area contributed by atoms with E-state index in [0.29, 0.717) is 24.4 Å². The fourth-order valence-corrected chi connectivity index (χ4v) is 3.03. The summed E-state index contributed by atoms with van der Waals surface area (Å²) in [5.74, 6) is -3.64. The van der Waals surface area contributed by atoms with Gasteiger partial charge in [0.25, 0.3) is 0 Å². The molecule has 8 nitrogen and oxygen atoms in total. The molecule has 0 aliphatic heterocycles. The van der Waals surface area contributed by atoms with Crippen molar-refractivity contribution < 1.29 is 38.0 Å². The number of methoxy groups -OCH3 is 4. The van der Waals surface area contributed by atoms with Crippen LogP contribution in [-0.4, -0.2) is 65.2 Å². The third-order valence-corrected chi connectivity index (χ3v) is 4.99. The van der Waals surface area contributed by atoms with E-state index < -0.39 is 23.5 Å². The third kappa shape index (κ3) is 7.41. The Morgan fingerprint density at radius 3 is 1.34 bits per heavy atom. The summed E-state index contributed by atoms with van der Waals surface area (Å²) in [6.45, 7) is 4.73. The lowest BCUT2D eigenvalue weighted by Crippen LogP contribution is -2.44. The van der Waals surface area contributed by atoms with E-state index in [1.54, 1.807) is 12.2 Å². The van der Waals surface area contributed by atoms with Gasteiger partial charge >= 0.3 is 11.9 Å². The first kappa shape index (κ1) is 27.8. The summed E-state index contributed by atoms with van der Waals surface area (Å²) in [6, 6.07) is 0. The molecule has 8 heteroatoms. The standard InChI is InChI=1S/C24H36O8/c1-7-9-15-31-21(25)13-11-19-17-24(29-5,30-6)20(18-23(19,27-3)28-4)12-14-22(26)32-16-10-8-2/h11-14,17-18H,7-10,15-16H2,1-6H3/b13-11+,14-12+. The number of rotatable bonds is 14. The molecule has 0 heterocycles. The molecule has 0 bridgehead atoms. The van der Waals surface area contributed by atoms with E-state index in [4.69, 9.17) is 28.4 Å². The van der Waals surface area contributed by atoms with Gasteiger partial charge in [-0.15, -0.1) is 0 Å². The molecule has 180 valence electrons. The predicted molar refractivity (Wildman–Crippen MR) is 120 cm³/mol. The Balaban J connectivity index is 3.24. The SMILES string of the molecule is CCCCOC(=O)/C=C/C1=CC(OC)(OC)C(/C=C/C(=O)OCCCC)=CC1(OC)OC. The maximum absolute atomic E-state index is 12.0. The molecule has 1 rings (SSSR count). The van der Waals surface area contributed by atoms with Gasteiger partial charge in [0, 0.05) is 51.7 Å². The minimum absolute atomic E-state index is 0.349. The summed E-state index contributed by atoms with van der Waals surface area (Å²) in [4.78, 5) is 24.1. The number of ether oxygens (including phenoxy) is 6. The summed E-state index contributed by atoms with van der Waals surface area (Å²) in [7, 11) is 5.87. The van der Waals surface area contributed by atoms with Crippen LogP contribution in [0.2, 0.25) is 0 Å². The highest BCUT2D eigenvalue weighted by Gasteiger charge is 2.44. The van der Waals surface area contributed by atoms with Crippen molar-refractivity contribution in [3.63, 3.8) is 0 Å². The fraction of sp³-hybridized carbons (Fsp3) is 0.583. The first-order chi connectivity index (χ1) is 15.4. The van der Waals surface area contributed by atoms with Gasteiger partial charge in [-0.05, 0) is 37.1 Å². The minimum atomic E-state index is -1.34. The van der Waals surface area contributed by atoms with Crippen molar-refractivity contribution in [1.29, 1.82) is 0 Å². The number of hydrogen-bond donors (Lipinski definition) is 0. The Bertz CT molecular complexity index is 662. The van der Waals surface area contributed by atoms with Gasteiger partial charge in [-0.2, -0.15) is 0 Å². The number of unbranched alkanes of at least 4 members (excludes halogenated alkanes) is 2. The van der Waals surface area contributed by atoms with Gasteiger partial charge in [-0.3, -0.25) is 0 Å². The predicted octanol–water partition coefficient (Wildman–Crippen LogP) is 3.63. The van der Waals surface area contributed by atoms with Crippen LogP contribution in [0, 0.1) is 0 Å². The zero-order valence-corrected chi connectivity index (χ0v) is 20.0. The third-order valence-electron chi connectivity index (χ3n) is 4.99. The molecule has 1 aliphatic rings. The molecule has 0 N–H and O–H groups in total. The largest absolute Gasteiger partial charge is 0.463 e. The average molecular weight is 453 g/mol. The van der Waals surface area contributed by atoms with Crippen LogP contribution in [0.25, 0.3) is 0 Å². The van der Waals surface area contributed by atoms with Crippen LogP contribution >= 0.6 is 0 Å². The molecular formula is C24H36O8. The Labute approximate surface area is 190 Å². The highest BCUT2D eigenvalue weighted by atomic mass is 16.7. The van der Waals surface area contributed by atoms with Crippen molar-refractivity contribution in [2.45, 2.75) is 51.1 Å². The van der Waals surface area contributed by atoms with Crippen LogP contribution in [0.1, 0.15) is 39.5 Å². The quantitative estimate of drug-likeness (QED) is 0.171. The van der Waals surface area contributed by atoms with Gasteiger partial charge < -0.3 is 28.4 Å². The topological polar surface area (TPSA) is 89.5 Å². The first-order valence-corrected chi connectivity index (χ1v) is 10.7. The van der Waals surface area contributed by atoms with E-state index >= 15 is 0 Å². The molecule has 0 fully saturated rings. The van der Waals surface area contributed by atoms with Crippen LogP contribution in [0.3, 0.4) is 0 Å². The second-order valence-corrected chi connectivity index (χ2v) is 7.06. The van der Waals surface area contributed by atoms with E-state index in [9.17, 15) is 9.59 Å². The summed E-state index contributed by atoms with van der Waals surface area (Å²) in [6.07, 6.45) is 12.3.